The minimum absolute atomic E-state index is 0.0165. The van der Waals surface area contributed by atoms with Crippen LogP contribution in [0.4, 0.5) is 11.4 Å². The second-order valence-corrected chi connectivity index (χ2v) is 17.4. The van der Waals surface area contributed by atoms with Crippen molar-refractivity contribution in [3.8, 4) is 0 Å². The molecule has 2 unspecified atom stereocenters. The minimum atomic E-state index is -1.09. The largest absolute Gasteiger partial charge is 0.379 e. The Hall–Kier alpha value is -6.34. The number of nitrogens with zero attached hydrogens (tertiary/aromatic N) is 2. The molecule has 0 saturated carbocycles. The zero-order chi connectivity index (χ0) is 52.0. The molecule has 4 heterocycles. The van der Waals surface area contributed by atoms with Crippen molar-refractivity contribution in [1.82, 2.24) is 20.4 Å². The van der Waals surface area contributed by atoms with Crippen LogP contribution in [0.1, 0.15) is 118 Å². The van der Waals surface area contributed by atoms with Gasteiger partial charge in [-0.15, -0.1) is 0 Å². The molecule has 4 aliphatic heterocycles. The maximum atomic E-state index is 13.2. The van der Waals surface area contributed by atoms with Gasteiger partial charge in [-0.05, 0) is 62.8 Å². The normalized spacial score (nSPS) is 17.5. The highest BCUT2D eigenvalue weighted by molar-refractivity contribution is 6.27. The van der Waals surface area contributed by atoms with E-state index in [4.69, 9.17) is 33.2 Å². The molecule has 2 atom stereocenters. The van der Waals surface area contributed by atoms with Crippen molar-refractivity contribution in [2.75, 3.05) is 103 Å². The SMILES string of the molecule is O=C1CCC(N2C(=O)c3cccc(NC(=O)CCCCCOCCOCCOCCOCCOCCOCCOCCCCCC(=O)Nc4cccc5c4C(=O)N(C4CCC(=O)NC4=O)C5=O)c3C2=O)C(=O)N1. The maximum Gasteiger partial charge on any atom is 0.264 e. The zero-order valence-electron chi connectivity index (χ0n) is 40.8. The number of piperidine rings is 2. The molecule has 396 valence electrons. The fraction of sp³-hybridized carbons (Fsp3) is 0.560. The Balaban J connectivity index is 0.651. The molecule has 73 heavy (non-hydrogen) atoms. The van der Waals surface area contributed by atoms with E-state index < -0.39 is 59.3 Å². The van der Waals surface area contributed by atoms with Gasteiger partial charge in [-0.1, -0.05) is 25.0 Å². The summed E-state index contributed by atoms with van der Waals surface area (Å²) in [6.45, 7) is 6.06. The summed E-state index contributed by atoms with van der Waals surface area (Å²) >= 11 is 0. The Bertz CT molecular complexity index is 2170. The van der Waals surface area contributed by atoms with Crippen LogP contribution in [0.2, 0.25) is 0 Å². The predicted octanol–water partition coefficient (Wildman–Crippen LogP) is 2.30. The van der Waals surface area contributed by atoms with Crippen LogP contribution in [-0.4, -0.2) is 173 Å². The van der Waals surface area contributed by atoms with E-state index >= 15 is 0 Å². The molecule has 0 aromatic heterocycles. The molecule has 2 aromatic rings. The highest BCUT2D eigenvalue weighted by Crippen LogP contribution is 2.34. The van der Waals surface area contributed by atoms with Gasteiger partial charge in [0.25, 0.3) is 23.6 Å². The lowest BCUT2D eigenvalue weighted by atomic mass is 10.0. The predicted molar refractivity (Wildman–Crippen MR) is 256 cm³/mol. The Kier molecular flexibility index (Phi) is 22.5. The summed E-state index contributed by atoms with van der Waals surface area (Å²) in [5, 5.41) is 9.79. The van der Waals surface area contributed by atoms with Crippen molar-refractivity contribution < 1.29 is 81.1 Å². The molecule has 0 spiro atoms. The number of nitrogens with one attached hydrogen (secondary N) is 4. The number of ether oxygens (including phenoxy) is 7. The van der Waals surface area contributed by atoms with Crippen molar-refractivity contribution in [3.05, 3.63) is 58.7 Å². The number of rotatable bonds is 34. The molecule has 10 amide bonds. The van der Waals surface area contributed by atoms with Crippen LogP contribution in [-0.2, 0) is 61.9 Å². The number of carbonyl (C=O) groups excluding carboxylic acids is 10. The lowest BCUT2D eigenvalue weighted by Gasteiger charge is -2.27. The lowest BCUT2D eigenvalue weighted by molar-refractivity contribution is -0.137. The number of hydrogen-bond acceptors (Lipinski definition) is 17. The summed E-state index contributed by atoms with van der Waals surface area (Å²) < 4.78 is 38.8. The Labute approximate surface area is 421 Å². The molecule has 2 fully saturated rings. The van der Waals surface area contributed by atoms with E-state index in [1.54, 1.807) is 24.3 Å². The first kappa shape index (κ1) is 56.0. The van der Waals surface area contributed by atoms with Crippen LogP contribution >= 0.6 is 0 Å². The average Bonchev–Trinajstić information content (AvgIpc) is 3.77. The van der Waals surface area contributed by atoms with Gasteiger partial charge in [-0.2, -0.15) is 0 Å². The molecule has 23 nitrogen and oxygen atoms in total. The van der Waals surface area contributed by atoms with Gasteiger partial charge in [0.05, 0.1) is 113 Å². The first-order chi connectivity index (χ1) is 35.5. The Morgan fingerprint density at radius 2 is 0.767 bits per heavy atom. The van der Waals surface area contributed by atoms with Crippen molar-refractivity contribution in [3.63, 3.8) is 0 Å². The molecule has 23 heteroatoms. The van der Waals surface area contributed by atoms with Crippen LogP contribution in [0.5, 0.6) is 0 Å². The summed E-state index contributed by atoms with van der Waals surface area (Å²) in [6.07, 6.45) is 4.70. The van der Waals surface area contributed by atoms with Gasteiger partial charge in [0, 0.05) is 38.9 Å². The van der Waals surface area contributed by atoms with E-state index in [1.807, 2.05) is 0 Å². The summed E-state index contributed by atoms with van der Waals surface area (Å²) in [7, 11) is 0. The highest BCUT2D eigenvalue weighted by atomic mass is 16.6. The molecule has 2 aromatic carbocycles. The van der Waals surface area contributed by atoms with Crippen LogP contribution < -0.4 is 21.3 Å². The smallest absolute Gasteiger partial charge is 0.264 e. The molecular weight excluding hydrogens is 957 g/mol. The number of hydrogen-bond donors (Lipinski definition) is 4. The first-order valence-corrected chi connectivity index (χ1v) is 24.8. The van der Waals surface area contributed by atoms with Crippen molar-refractivity contribution in [1.29, 1.82) is 0 Å². The summed E-state index contributed by atoms with van der Waals surface area (Å²) in [4.78, 5) is 127. The number of unbranched alkanes of at least 4 members (excludes halogenated alkanes) is 4. The van der Waals surface area contributed by atoms with Gasteiger partial charge in [-0.25, -0.2) is 0 Å². The topological polar surface area (TPSA) is 290 Å². The molecular formula is C50H64N6O17. The summed E-state index contributed by atoms with van der Waals surface area (Å²) in [5.74, 6) is -5.55. The number of benzene rings is 2. The van der Waals surface area contributed by atoms with Gasteiger partial charge in [0.15, 0.2) is 0 Å². The van der Waals surface area contributed by atoms with Crippen molar-refractivity contribution in [2.45, 2.75) is 89.1 Å². The molecule has 0 aliphatic carbocycles. The minimum Gasteiger partial charge on any atom is -0.379 e. The average molecular weight is 1020 g/mol. The van der Waals surface area contributed by atoms with Crippen LogP contribution in [0.3, 0.4) is 0 Å². The van der Waals surface area contributed by atoms with Gasteiger partial charge in [0.2, 0.25) is 35.4 Å². The van der Waals surface area contributed by atoms with Gasteiger partial charge >= 0.3 is 0 Å². The highest BCUT2D eigenvalue weighted by Gasteiger charge is 2.47. The fourth-order valence-corrected chi connectivity index (χ4v) is 8.42. The second-order valence-electron chi connectivity index (χ2n) is 17.4. The second kappa shape index (κ2) is 29.4. The van der Waals surface area contributed by atoms with Gasteiger partial charge in [0.1, 0.15) is 12.1 Å². The monoisotopic (exact) mass is 1020 g/mol. The van der Waals surface area contributed by atoms with E-state index in [1.165, 1.54) is 12.1 Å². The molecule has 6 rings (SSSR count). The Morgan fingerprint density at radius 3 is 1.10 bits per heavy atom. The first-order valence-electron chi connectivity index (χ1n) is 24.8. The number of anilines is 2. The van der Waals surface area contributed by atoms with Crippen molar-refractivity contribution in [2.24, 2.45) is 0 Å². The van der Waals surface area contributed by atoms with Crippen molar-refractivity contribution >= 4 is 70.4 Å². The van der Waals surface area contributed by atoms with Gasteiger partial charge < -0.3 is 43.8 Å². The summed E-state index contributed by atoms with van der Waals surface area (Å²) in [5.41, 5.74) is 0.685. The third-order valence-corrected chi connectivity index (χ3v) is 12.1. The standard InChI is InChI=1S/C50H64N6O17/c57-39(51-35-11-7-9-33-43(35)49(65)55(47(33)63)37-15-17-41(59)53-45(37)61)13-3-1-5-19-67-21-23-69-25-27-71-29-31-73-32-30-72-28-26-70-24-22-68-20-6-2-4-14-40(58)52-36-12-8-10-34-44(36)50(66)56(48(34)64)38-16-18-42(60)54-46(38)62/h7-12,37-38H,1-6,13-32H2,(H,51,57)(H,52,58)(H,53,59,61)(H,54,60,62). The number of amides is 10. The van der Waals surface area contributed by atoms with E-state index in [9.17, 15) is 47.9 Å². The maximum absolute atomic E-state index is 13.2. The van der Waals surface area contributed by atoms with Crippen LogP contribution in [0.25, 0.3) is 0 Å². The lowest BCUT2D eigenvalue weighted by Crippen LogP contribution is -2.54. The third kappa shape index (κ3) is 16.3. The van der Waals surface area contributed by atoms with Crippen LogP contribution in [0, 0.1) is 0 Å². The summed E-state index contributed by atoms with van der Waals surface area (Å²) in [6, 6.07) is 6.97. The molecule has 0 bridgehead atoms. The fourth-order valence-electron chi connectivity index (χ4n) is 8.42. The number of imide groups is 4. The quantitative estimate of drug-likeness (QED) is 0.0578. The third-order valence-electron chi connectivity index (χ3n) is 12.1. The van der Waals surface area contributed by atoms with E-state index in [2.05, 4.69) is 21.3 Å². The van der Waals surface area contributed by atoms with E-state index in [0.717, 1.165) is 35.5 Å². The molecule has 2 saturated heterocycles. The number of carbonyl (C=O) groups is 10. The van der Waals surface area contributed by atoms with Gasteiger partial charge in [-0.3, -0.25) is 68.4 Å². The zero-order valence-corrected chi connectivity index (χ0v) is 40.8. The molecule has 0 radical (unpaired) electrons. The molecule has 4 N–H and O–H groups in total. The van der Waals surface area contributed by atoms with E-state index in [0.29, 0.717) is 105 Å². The van der Waals surface area contributed by atoms with Crippen LogP contribution in [0.15, 0.2) is 36.4 Å². The number of fused-ring (bicyclic) bond motifs is 2. The Morgan fingerprint density at radius 1 is 0.438 bits per heavy atom. The molecule has 4 aliphatic rings. The van der Waals surface area contributed by atoms with E-state index in [-0.39, 0.29) is 84.0 Å².